The molecule has 1 saturated heterocycles. The van der Waals surface area contributed by atoms with Crippen LogP contribution in [0.4, 0.5) is 0 Å². The Morgan fingerprint density at radius 3 is 2.95 bits per heavy atom. The van der Waals surface area contributed by atoms with Gasteiger partial charge in [0.1, 0.15) is 0 Å². The zero-order valence-corrected chi connectivity index (χ0v) is 12.2. The van der Waals surface area contributed by atoms with Gasteiger partial charge < -0.3 is 10.6 Å². The summed E-state index contributed by atoms with van der Waals surface area (Å²) in [5.74, 6) is 0.388. The van der Waals surface area contributed by atoms with Crippen LogP contribution >= 0.6 is 11.3 Å². The third-order valence-electron chi connectivity index (χ3n) is 3.69. The summed E-state index contributed by atoms with van der Waals surface area (Å²) >= 11 is 1.71. The lowest BCUT2D eigenvalue weighted by atomic mass is 9.97. The van der Waals surface area contributed by atoms with Gasteiger partial charge in [-0.3, -0.25) is 4.79 Å². The number of benzene rings is 1. The average Bonchev–Trinajstić information content (AvgIpc) is 2.90. The highest BCUT2D eigenvalue weighted by Gasteiger charge is 2.20. The Morgan fingerprint density at radius 2 is 2.15 bits per heavy atom. The van der Waals surface area contributed by atoms with Crippen molar-refractivity contribution < 1.29 is 4.79 Å². The molecule has 20 heavy (non-hydrogen) atoms. The van der Waals surface area contributed by atoms with Gasteiger partial charge in [0.25, 0.3) is 0 Å². The minimum atomic E-state index is 0.187. The van der Waals surface area contributed by atoms with E-state index in [4.69, 9.17) is 0 Å². The topological polar surface area (TPSA) is 54.0 Å². The first-order chi connectivity index (χ1) is 9.83. The first kappa shape index (κ1) is 13.5. The molecule has 3 rings (SSSR count). The number of carbonyl (C=O) groups excluding carboxylic acids is 1. The van der Waals surface area contributed by atoms with Crippen LogP contribution in [0.1, 0.15) is 17.8 Å². The van der Waals surface area contributed by atoms with Crippen molar-refractivity contribution in [1.82, 2.24) is 15.6 Å². The molecule has 1 aliphatic heterocycles. The molecule has 0 saturated carbocycles. The average molecular weight is 289 g/mol. The number of piperidine rings is 1. The molecule has 1 aromatic carbocycles. The van der Waals surface area contributed by atoms with Crippen molar-refractivity contribution in [3.8, 4) is 0 Å². The van der Waals surface area contributed by atoms with Gasteiger partial charge in [0.2, 0.25) is 5.91 Å². The number of nitrogens with zero attached hydrogens (tertiary/aromatic N) is 1. The van der Waals surface area contributed by atoms with E-state index in [9.17, 15) is 4.79 Å². The molecule has 0 aliphatic carbocycles. The van der Waals surface area contributed by atoms with Crippen molar-refractivity contribution in [2.75, 3.05) is 19.6 Å². The van der Waals surface area contributed by atoms with Crippen LogP contribution in [0.2, 0.25) is 0 Å². The maximum atomic E-state index is 12.0. The number of thiazole rings is 1. The standard InChI is InChI=1S/C15H19N3OS/c19-15(11-5-8-16-9-6-11)17-10-7-14-18-12-3-1-2-4-13(12)20-14/h1-4,11,16H,5-10H2,(H,17,19). The number of hydrogen-bond donors (Lipinski definition) is 2. The lowest BCUT2D eigenvalue weighted by molar-refractivity contribution is -0.125. The summed E-state index contributed by atoms with van der Waals surface area (Å²) in [7, 11) is 0. The second-order valence-corrected chi connectivity index (χ2v) is 6.26. The smallest absolute Gasteiger partial charge is 0.223 e. The molecule has 1 amide bonds. The molecule has 2 aromatic rings. The number of nitrogens with one attached hydrogen (secondary N) is 2. The van der Waals surface area contributed by atoms with Crippen molar-refractivity contribution in [1.29, 1.82) is 0 Å². The SMILES string of the molecule is O=C(NCCc1nc2ccccc2s1)C1CCNCC1. The van der Waals surface area contributed by atoms with Gasteiger partial charge in [-0.2, -0.15) is 0 Å². The molecule has 0 spiro atoms. The number of aromatic nitrogens is 1. The maximum absolute atomic E-state index is 12.0. The lowest BCUT2D eigenvalue weighted by Crippen LogP contribution is -2.38. The molecule has 106 valence electrons. The number of fused-ring (bicyclic) bond motifs is 1. The first-order valence-corrected chi connectivity index (χ1v) is 7.97. The van der Waals surface area contributed by atoms with Crippen molar-refractivity contribution in [3.63, 3.8) is 0 Å². The van der Waals surface area contributed by atoms with Gasteiger partial charge in [-0.25, -0.2) is 4.98 Å². The molecule has 1 aromatic heterocycles. The monoisotopic (exact) mass is 289 g/mol. The van der Waals surface area contributed by atoms with E-state index in [-0.39, 0.29) is 11.8 Å². The van der Waals surface area contributed by atoms with Crippen molar-refractivity contribution in [2.24, 2.45) is 5.92 Å². The van der Waals surface area contributed by atoms with Crippen molar-refractivity contribution in [2.45, 2.75) is 19.3 Å². The molecular formula is C15H19N3OS. The third kappa shape index (κ3) is 3.16. The Balaban J connectivity index is 1.50. The Hall–Kier alpha value is -1.46. The zero-order valence-electron chi connectivity index (χ0n) is 11.4. The fourth-order valence-corrected chi connectivity index (χ4v) is 3.51. The number of amides is 1. The van der Waals surface area contributed by atoms with Gasteiger partial charge in [0.05, 0.1) is 15.2 Å². The molecule has 0 atom stereocenters. The van der Waals surface area contributed by atoms with Gasteiger partial charge in [0, 0.05) is 18.9 Å². The highest BCUT2D eigenvalue weighted by Crippen LogP contribution is 2.21. The molecule has 0 unspecified atom stereocenters. The number of carbonyl (C=O) groups is 1. The van der Waals surface area contributed by atoms with E-state index in [0.717, 1.165) is 42.9 Å². The molecule has 0 radical (unpaired) electrons. The molecule has 4 nitrogen and oxygen atoms in total. The minimum absolute atomic E-state index is 0.187. The molecule has 0 bridgehead atoms. The maximum Gasteiger partial charge on any atom is 0.223 e. The summed E-state index contributed by atoms with van der Waals surface area (Å²) in [4.78, 5) is 16.6. The summed E-state index contributed by atoms with van der Waals surface area (Å²) in [6.45, 7) is 2.59. The zero-order chi connectivity index (χ0) is 13.8. The van der Waals surface area contributed by atoms with Gasteiger partial charge >= 0.3 is 0 Å². The van der Waals surface area contributed by atoms with Crippen LogP contribution in [0, 0.1) is 5.92 Å². The molecular weight excluding hydrogens is 270 g/mol. The highest BCUT2D eigenvalue weighted by atomic mass is 32.1. The molecule has 2 N–H and O–H groups in total. The van der Waals surface area contributed by atoms with E-state index in [1.807, 2.05) is 18.2 Å². The van der Waals surface area contributed by atoms with Crippen LogP contribution in [0.15, 0.2) is 24.3 Å². The molecule has 1 fully saturated rings. The summed E-state index contributed by atoms with van der Waals surface area (Å²) in [5, 5.41) is 7.42. The fraction of sp³-hybridized carbons (Fsp3) is 0.467. The van der Waals surface area contributed by atoms with Crippen LogP contribution in [0.3, 0.4) is 0 Å². The van der Waals surface area contributed by atoms with Crippen molar-refractivity contribution in [3.05, 3.63) is 29.3 Å². The van der Waals surface area contributed by atoms with Gasteiger partial charge in [-0.05, 0) is 38.1 Å². The van der Waals surface area contributed by atoms with E-state index in [0.29, 0.717) is 6.54 Å². The van der Waals surface area contributed by atoms with Gasteiger partial charge in [0.15, 0.2) is 0 Å². The first-order valence-electron chi connectivity index (χ1n) is 7.16. The highest BCUT2D eigenvalue weighted by molar-refractivity contribution is 7.18. The van der Waals surface area contributed by atoms with E-state index in [2.05, 4.69) is 21.7 Å². The van der Waals surface area contributed by atoms with E-state index in [1.54, 1.807) is 11.3 Å². The van der Waals surface area contributed by atoms with Crippen LogP contribution in [0.5, 0.6) is 0 Å². The predicted octanol–water partition coefficient (Wildman–Crippen LogP) is 1.95. The number of rotatable bonds is 4. The van der Waals surface area contributed by atoms with Crippen LogP contribution < -0.4 is 10.6 Å². The van der Waals surface area contributed by atoms with E-state index < -0.39 is 0 Å². The van der Waals surface area contributed by atoms with Crippen LogP contribution in [-0.4, -0.2) is 30.5 Å². The Bertz CT molecular complexity index is 557. The number of para-hydroxylation sites is 1. The molecule has 2 heterocycles. The van der Waals surface area contributed by atoms with Crippen LogP contribution in [0.25, 0.3) is 10.2 Å². The minimum Gasteiger partial charge on any atom is -0.355 e. The Morgan fingerprint density at radius 1 is 1.35 bits per heavy atom. The summed E-state index contributed by atoms with van der Waals surface area (Å²) in [6.07, 6.45) is 2.72. The van der Waals surface area contributed by atoms with Crippen LogP contribution in [-0.2, 0) is 11.2 Å². The predicted molar refractivity (Wildman–Crippen MR) is 81.9 cm³/mol. The normalized spacial score (nSPS) is 16.4. The third-order valence-corrected chi connectivity index (χ3v) is 4.78. The van der Waals surface area contributed by atoms with Gasteiger partial charge in [-0.15, -0.1) is 11.3 Å². The Kier molecular flexibility index (Phi) is 4.28. The van der Waals surface area contributed by atoms with Crippen molar-refractivity contribution >= 4 is 27.5 Å². The van der Waals surface area contributed by atoms with Gasteiger partial charge in [-0.1, -0.05) is 12.1 Å². The quantitative estimate of drug-likeness (QED) is 0.904. The summed E-state index contributed by atoms with van der Waals surface area (Å²) in [6, 6.07) is 8.15. The Labute approximate surface area is 122 Å². The fourth-order valence-electron chi connectivity index (χ4n) is 2.55. The molecule has 5 heteroatoms. The largest absolute Gasteiger partial charge is 0.355 e. The van der Waals surface area contributed by atoms with E-state index in [1.165, 1.54) is 4.70 Å². The second-order valence-electron chi connectivity index (χ2n) is 5.14. The number of hydrogen-bond acceptors (Lipinski definition) is 4. The summed E-state index contributed by atoms with van der Waals surface area (Å²) < 4.78 is 1.21. The second kappa shape index (κ2) is 6.33. The summed E-state index contributed by atoms with van der Waals surface area (Å²) in [5.41, 5.74) is 1.05. The van der Waals surface area contributed by atoms with E-state index >= 15 is 0 Å². The molecule has 1 aliphatic rings. The lowest BCUT2D eigenvalue weighted by Gasteiger charge is -2.21.